The molecule has 2 amide bonds. The highest BCUT2D eigenvalue weighted by Gasteiger charge is 2.51. The fraction of sp³-hybridized carbons (Fsp3) is 0.500. The van der Waals surface area contributed by atoms with Gasteiger partial charge < -0.3 is 4.74 Å². The highest BCUT2D eigenvalue weighted by Crippen LogP contribution is 2.45. The molecule has 24 heavy (non-hydrogen) atoms. The molecule has 1 saturated heterocycles. The molecule has 0 N–H and O–H groups in total. The van der Waals surface area contributed by atoms with E-state index in [9.17, 15) is 18.8 Å². The molecule has 1 aromatic carbocycles. The summed E-state index contributed by atoms with van der Waals surface area (Å²) in [5.74, 6) is -1.41. The van der Waals surface area contributed by atoms with Gasteiger partial charge in [0, 0.05) is 6.42 Å². The van der Waals surface area contributed by atoms with Crippen molar-refractivity contribution in [2.45, 2.75) is 38.5 Å². The summed E-state index contributed by atoms with van der Waals surface area (Å²) in [6.45, 7) is -0.362. The fourth-order valence-electron chi connectivity index (χ4n) is 3.77. The highest BCUT2D eigenvalue weighted by molar-refractivity contribution is 6.11. The van der Waals surface area contributed by atoms with Gasteiger partial charge in [0.05, 0.1) is 24.6 Å². The van der Waals surface area contributed by atoms with Gasteiger partial charge in [-0.05, 0) is 31.0 Å². The van der Waals surface area contributed by atoms with E-state index in [0.29, 0.717) is 12.8 Å². The number of likely N-dealkylation sites (tertiary alicyclic amines) is 1. The Bertz CT molecular complexity index is 694. The van der Waals surface area contributed by atoms with Gasteiger partial charge in [-0.1, -0.05) is 19.3 Å². The number of carbonyl (C=O) groups excluding carboxylic acids is 3. The minimum Gasteiger partial charge on any atom is -0.496 e. The molecule has 0 unspecified atom stereocenters. The van der Waals surface area contributed by atoms with Crippen LogP contribution in [0.3, 0.4) is 0 Å². The summed E-state index contributed by atoms with van der Waals surface area (Å²) in [5, 5.41) is 0. The number of Topliss-reactive ketones (excluding diaryl/α,β-unsaturated/α-hetero) is 1. The van der Waals surface area contributed by atoms with Crippen molar-refractivity contribution in [2.24, 2.45) is 5.41 Å². The van der Waals surface area contributed by atoms with Crippen molar-refractivity contribution >= 4 is 17.6 Å². The molecule has 0 atom stereocenters. The Hall–Kier alpha value is -2.24. The average molecular weight is 333 g/mol. The molecule has 1 saturated carbocycles. The van der Waals surface area contributed by atoms with Crippen LogP contribution in [-0.4, -0.2) is 36.2 Å². The lowest BCUT2D eigenvalue weighted by Gasteiger charge is -2.30. The maximum Gasteiger partial charge on any atom is 0.236 e. The van der Waals surface area contributed by atoms with E-state index in [1.807, 2.05) is 0 Å². The number of hydrogen-bond acceptors (Lipinski definition) is 4. The molecule has 5 nitrogen and oxygen atoms in total. The maximum atomic E-state index is 13.4. The molecule has 3 rings (SSSR count). The zero-order chi connectivity index (χ0) is 17.3. The lowest BCUT2D eigenvalue weighted by Crippen LogP contribution is -2.39. The van der Waals surface area contributed by atoms with E-state index in [-0.39, 0.29) is 36.1 Å². The summed E-state index contributed by atoms with van der Waals surface area (Å²) in [6, 6.07) is 3.63. The molecular weight excluding hydrogens is 313 g/mol. The second kappa shape index (κ2) is 6.34. The van der Waals surface area contributed by atoms with Crippen LogP contribution in [0, 0.1) is 11.2 Å². The third-order valence-electron chi connectivity index (χ3n) is 5.06. The Morgan fingerprint density at radius 1 is 1.25 bits per heavy atom. The predicted molar refractivity (Wildman–Crippen MR) is 84.1 cm³/mol. The summed E-state index contributed by atoms with van der Waals surface area (Å²) < 4.78 is 18.5. The number of carbonyl (C=O) groups is 3. The fourth-order valence-corrected chi connectivity index (χ4v) is 3.77. The topological polar surface area (TPSA) is 63.7 Å². The van der Waals surface area contributed by atoms with Gasteiger partial charge in [-0.15, -0.1) is 0 Å². The molecule has 128 valence electrons. The van der Waals surface area contributed by atoms with Gasteiger partial charge in [-0.2, -0.15) is 0 Å². The summed E-state index contributed by atoms with van der Waals surface area (Å²) in [4.78, 5) is 38.6. The molecule has 1 spiro atoms. The normalized spacial score (nSPS) is 19.8. The molecule has 2 fully saturated rings. The van der Waals surface area contributed by atoms with E-state index in [1.54, 1.807) is 0 Å². The number of hydrogen-bond donors (Lipinski definition) is 0. The number of halogens is 1. The average Bonchev–Trinajstić information content (AvgIpc) is 2.79. The minimum absolute atomic E-state index is 0.0442. The van der Waals surface area contributed by atoms with Gasteiger partial charge in [0.1, 0.15) is 11.6 Å². The molecule has 2 aliphatic rings. The third-order valence-corrected chi connectivity index (χ3v) is 5.06. The Morgan fingerprint density at radius 3 is 2.62 bits per heavy atom. The standard InChI is InChI=1S/C18H20FNO4/c1-24-15-6-5-12(19)9-13(15)14(21)11-20-16(22)10-18(17(20)23)7-3-2-4-8-18/h5-6,9H,2-4,7-8,10-11H2,1H3. The molecular formula is C18H20FNO4. The number of benzene rings is 1. The van der Waals surface area contributed by atoms with E-state index < -0.39 is 17.0 Å². The van der Waals surface area contributed by atoms with Crippen LogP contribution in [0.2, 0.25) is 0 Å². The third kappa shape index (κ3) is 2.81. The minimum atomic E-state index is -0.623. The van der Waals surface area contributed by atoms with Crippen molar-refractivity contribution in [3.8, 4) is 5.75 Å². The van der Waals surface area contributed by atoms with Crippen molar-refractivity contribution in [1.82, 2.24) is 4.90 Å². The number of ketones is 1. The number of methoxy groups -OCH3 is 1. The monoisotopic (exact) mass is 333 g/mol. The van der Waals surface area contributed by atoms with Gasteiger partial charge >= 0.3 is 0 Å². The second-order valence-corrected chi connectivity index (χ2v) is 6.57. The van der Waals surface area contributed by atoms with E-state index in [4.69, 9.17) is 4.74 Å². The number of amides is 2. The van der Waals surface area contributed by atoms with Crippen LogP contribution >= 0.6 is 0 Å². The van der Waals surface area contributed by atoms with Crippen molar-refractivity contribution in [1.29, 1.82) is 0 Å². The number of imide groups is 1. The van der Waals surface area contributed by atoms with Crippen LogP contribution in [0.25, 0.3) is 0 Å². The first kappa shape index (κ1) is 16.6. The predicted octanol–water partition coefficient (Wildman–Crippen LogP) is 2.73. The zero-order valence-corrected chi connectivity index (χ0v) is 13.6. The van der Waals surface area contributed by atoms with Crippen molar-refractivity contribution in [3.63, 3.8) is 0 Å². The van der Waals surface area contributed by atoms with E-state index in [1.165, 1.54) is 19.2 Å². The Kier molecular flexibility index (Phi) is 4.39. The highest BCUT2D eigenvalue weighted by atomic mass is 19.1. The van der Waals surface area contributed by atoms with E-state index in [2.05, 4.69) is 0 Å². The smallest absolute Gasteiger partial charge is 0.236 e. The summed E-state index contributed by atoms with van der Waals surface area (Å²) in [5.41, 5.74) is -0.579. The number of nitrogens with zero attached hydrogens (tertiary/aromatic N) is 1. The van der Waals surface area contributed by atoms with Crippen LogP contribution in [0.4, 0.5) is 4.39 Å². The molecule has 0 aromatic heterocycles. The molecule has 1 aliphatic heterocycles. The number of ether oxygens (including phenoxy) is 1. The van der Waals surface area contributed by atoms with Crippen LogP contribution in [-0.2, 0) is 9.59 Å². The summed E-state index contributed by atoms with van der Waals surface area (Å²) in [7, 11) is 1.38. The van der Waals surface area contributed by atoms with Gasteiger partial charge in [0.2, 0.25) is 11.8 Å². The van der Waals surface area contributed by atoms with Crippen LogP contribution in [0.1, 0.15) is 48.9 Å². The van der Waals surface area contributed by atoms with Crippen molar-refractivity contribution < 1.29 is 23.5 Å². The first-order chi connectivity index (χ1) is 11.5. The summed E-state index contributed by atoms with van der Waals surface area (Å²) in [6.07, 6.45) is 4.51. The lowest BCUT2D eigenvalue weighted by atomic mass is 9.73. The van der Waals surface area contributed by atoms with Crippen LogP contribution < -0.4 is 4.74 Å². The Morgan fingerprint density at radius 2 is 1.96 bits per heavy atom. The largest absolute Gasteiger partial charge is 0.496 e. The first-order valence-electron chi connectivity index (χ1n) is 8.18. The molecule has 6 heteroatoms. The van der Waals surface area contributed by atoms with Crippen molar-refractivity contribution in [2.75, 3.05) is 13.7 Å². The maximum absolute atomic E-state index is 13.4. The quantitative estimate of drug-likeness (QED) is 0.628. The molecule has 1 aromatic rings. The van der Waals surface area contributed by atoms with E-state index in [0.717, 1.165) is 30.2 Å². The van der Waals surface area contributed by atoms with Gasteiger partial charge in [0.15, 0.2) is 5.78 Å². The lowest BCUT2D eigenvalue weighted by molar-refractivity contribution is -0.141. The zero-order valence-electron chi connectivity index (χ0n) is 13.6. The first-order valence-corrected chi connectivity index (χ1v) is 8.18. The Balaban J connectivity index is 1.81. The SMILES string of the molecule is COc1ccc(F)cc1C(=O)CN1C(=O)CC2(CCCCC2)C1=O. The molecule has 0 bridgehead atoms. The van der Waals surface area contributed by atoms with Gasteiger partial charge in [0.25, 0.3) is 0 Å². The van der Waals surface area contributed by atoms with E-state index >= 15 is 0 Å². The number of rotatable bonds is 4. The van der Waals surface area contributed by atoms with Crippen LogP contribution in [0.15, 0.2) is 18.2 Å². The van der Waals surface area contributed by atoms with Crippen molar-refractivity contribution in [3.05, 3.63) is 29.6 Å². The molecule has 1 aliphatic carbocycles. The van der Waals surface area contributed by atoms with Crippen LogP contribution in [0.5, 0.6) is 5.75 Å². The molecule has 1 heterocycles. The molecule has 0 radical (unpaired) electrons. The van der Waals surface area contributed by atoms with Gasteiger partial charge in [-0.3, -0.25) is 19.3 Å². The Labute approximate surface area is 139 Å². The van der Waals surface area contributed by atoms with Gasteiger partial charge in [-0.25, -0.2) is 4.39 Å². The second-order valence-electron chi connectivity index (χ2n) is 6.57. The summed E-state index contributed by atoms with van der Waals surface area (Å²) >= 11 is 0.